The van der Waals surface area contributed by atoms with Crippen molar-refractivity contribution < 1.29 is 14.0 Å². The second-order valence-corrected chi connectivity index (χ2v) is 8.90. The van der Waals surface area contributed by atoms with Gasteiger partial charge in [-0.05, 0) is 48.6 Å². The summed E-state index contributed by atoms with van der Waals surface area (Å²) in [6.07, 6.45) is 6.23. The van der Waals surface area contributed by atoms with Gasteiger partial charge in [0.1, 0.15) is 5.82 Å². The molecule has 4 nitrogen and oxygen atoms in total. The number of amides is 2. The molecule has 1 N–H and O–H groups in total. The van der Waals surface area contributed by atoms with E-state index in [1.165, 1.54) is 56.0 Å². The number of carbonyl (C=O) groups is 2. The fourth-order valence-electron chi connectivity index (χ4n) is 3.75. The van der Waals surface area contributed by atoms with Crippen LogP contribution in [-0.4, -0.2) is 36.1 Å². The summed E-state index contributed by atoms with van der Waals surface area (Å²) in [6, 6.07) is 13.5. The zero-order valence-electron chi connectivity index (χ0n) is 17.4. The molecule has 1 fully saturated rings. The Morgan fingerprint density at radius 2 is 1.77 bits per heavy atom. The van der Waals surface area contributed by atoms with Crippen molar-refractivity contribution in [1.82, 2.24) is 10.2 Å². The minimum absolute atomic E-state index is 0.00694. The van der Waals surface area contributed by atoms with E-state index in [9.17, 15) is 14.0 Å². The third-order valence-electron chi connectivity index (χ3n) is 5.47. The van der Waals surface area contributed by atoms with E-state index in [0.717, 1.165) is 17.0 Å². The van der Waals surface area contributed by atoms with Crippen molar-refractivity contribution >= 4 is 23.6 Å². The van der Waals surface area contributed by atoms with E-state index < -0.39 is 0 Å². The number of halogens is 1. The summed E-state index contributed by atoms with van der Waals surface area (Å²) < 4.78 is 13.1. The average molecular weight is 429 g/mol. The Kier molecular flexibility index (Phi) is 8.31. The topological polar surface area (TPSA) is 49.4 Å². The molecule has 1 saturated carbocycles. The molecule has 6 heteroatoms. The molecule has 0 aliphatic heterocycles. The number of thioether (sulfide) groups is 1. The molecule has 0 radical (unpaired) electrons. The largest absolute Gasteiger partial charge is 0.355 e. The summed E-state index contributed by atoms with van der Waals surface area (Å²) >= 11 is 1.39. The molecular weight excluding hydrogens is 399 g/mol. The van der Waals surface area contributed by atoms with Crippen molar-refractivity contribution in [2.24, 2.45) is 5.92 Å². The Labute approximate surface area is 182 Å². The highest BCUT2D eigenvalue weighted by Crippen LogP contribution is 2.25. The predicted molar refractivity (Wildman–Crippen MR) is 119 cm³/mol. The van der Waals surface area contributed by atoms with E-state index in [1.807, 2.05) is 18.2 Å². The molecule has 0 unspecified atom stereocenters. The molecule has 0 heterocycles. The lowest BCUT2D eigenvalue weighted by molar-refractivity contribution is -0.118. The minimum atomic E-state index is -0.295. The minimum Gasteiger partial charge on any atom is -0.355 e. The highest BCUT2D eigenvalue weighted by molar-refractivity contribution is 8.00. The summed E-state index contributed by atoms with van der Waals surface area (Å²) in [6.45, 7) is 1.14. The van der Waals surface area contributed by atoms with Gasteiger partial charge < -0.3 is 10.2 Å². The zero-order chi connectivity index (χ0) is 21.3. The maximum Gasteiger partial charge on any atom is 0.255 e. The van der Waals surface area contributed by atoms with Crippen molar-refractivity contribution in [1.29, 1.82) is 0 Å². The van der Waals surface area contributed by atoms with Crippen LogP contribution in [0.5, 0.6) is 0 Å². The van der Waals surface area contributed by atoms with Crippen LogP contribution in [0.4, 0.5) is 4.39 Å². The molecule has 3 rings (SSSR count). The molecule has 0 saturated heterocycles. The van der Waals surface area contributed by atoms with Crippen LogP contribution in [0.2, 0.25) is 0 Å². The lowest BCUT2D eigenvalue weighted by atomic mass is 9.89. The molecule has 0 spiro atoms. The number of nitrogens with zero attached hydrogens (tertiary/aromatic N) is 1. The maximum absolute atomic E-state index is 13.1. The smallest absolute Gasteiger partial charge is 0.255 e. The van der Waals surface area contributed by atoms with Gasteiger partial charge in [0.2, 0.25) is 5.91 Å². The predicted octanol–water partition coefficient (Wildman–Crippen LogP) is 4.89. The van der Waals surface area contributed by atoms with Crippen LogP contribution in [0.15, 0.2) is 53.4 Å². The van der Waals surface area contributed by atoms with Crippen molar-refractivity contribution in [2.75, 3.05) is 19.3 Å². The summed E-state index contributed by atoms with van der Waals surface area (Å²) in [5, 5.41) is 3.05. The van der Waals surface area contributed by atoms with Crippen molar-refractivity contribution in [3.05, 3.63) is 65.5 Å². The Balaban J connectivity index is 1.54. The maximum atomic E-state index is 13.1. The number of benzene rings is 2. The van der Waals surface area contributed by atoms with E-state index in [4.69, 9.17) is 0 Å². The lowest BCUT2D eigenvalue weighted by Crippen LogP contribution is -2.31. The highest BCUT2D eigenvalue weighted by Gasteiger charge is 2.18. The first-order valence-electron chi connectivity index (χ1n) is 10.5. The second kappa shape index (κ2) is 11.2. The van der Waals surface area contributed by atoms with Crippen LogP contribution in [0.25, 0.3) is 0 Å². The summed E-state index contributed by atoms with van der Waals surface area (Å²) in [5.41, 5.74) is 1.44. The van der Waals surface area contributed by atoms with Crippen molar-refractivity contribution in [3.63, 3.8) is 0 Å². The van der Waals surface area contributed by atoms with Gasteiger partial charge in [-0.15, -0.1) is 11.8 Å². The van der Waals surface area contributed by atoms with Gasteiger partial charge in [0.15, 0.2) is 0 Å². The van der Waals surface area contributed by atoms with Crippen molar-refractivity contribution in [3.8, 4) is 0 Å². The number of hydrogen-bond acceptors (Lipinski definition) is 3. The molecule has 2 aromatic rings. The summed E-state index contributed by atoms with van der Waals surface area (Å²) in [4.78, 5) is 27.6. The number of carbonyl (C=O) groups excluding carboxylic acids is 2. The standard InChI is InChI=1S/C24H29FN2O2S/c1-27(16-19-11-13-20(25)14-12-19)24(29)21-9-5-6-10-22(21)30-17-23(28)26-15-18-7-3-2-4-8-18/h5-6,9-14,18H,2-4,7-8,15-17H2,1H3,(H,26,28). The van der Waals surface area contributed by atoms with E-state index in [2.05, 4.69) is 5.32 Å². The van der Waals surface area contributed by atoms with Gasteiger partial charge in [0, 0.05) is 25.0 Å². The molecule has 0 atom stereocenters. The van der Waals surface area contributed by atoms with Gasteiger partial charge in [0.05, 0.1) is 11.3 Å². The zero-order valence-corrected chi connectivity index (χ0v) is 18.2. The van der Waals surface area contributed by atoms with Gasteiger partial charge in [0.25, 0.3) is 5.91 Å². The van der Waals surface area contributed by atoms with Crippen LogP contribution >= 0.6 is 11.8 Å². The SMILES string of the molecule is CN(Cc1ccc(F)cc1)C(=O)c1ccccc1SCC(=O)NCC1CCCCC1. The normalized spacial score (nSPS) is 14.3. The van der Waals surface area contributed by atoms with E-state index >= 15 is 0 Å². The molecule has 160 valence electrons. The Hall–Kier alpha value is -2.34. The van der Waals surface area contributed by atoms with E-state index in [0.29, 0.717) is 23.8 Å². The molecule has 0 bridgehead atoms. The van der Waals surface area contributed by atoms with Crippen LogP contribution in [0.1, 0.15) is 48.0 Å². The molecule has 1 aliphatic carbocycles. The first-order chi connectivity index (χ1) is 14.5. The average Bonchev–Trinajstić information content (AvgIpc) is 2.78. The molecule has 2 aromatic carbocycles. The quantitative estimate of drug-likeness (QED) is 0.609. The number of hydrogen-bond donors (Lipinski definition) is 1. The third kappa shape index (κ3) is 6.59. The van der Waals surface area contributed by atoms with Crippen LogP contribution in [0, 0.1) is 11.7 Å². The van der Waals surface area contributed by atoms with E-state index in [-0.39, 0.29) is 17.6 Å². The van der Waals surface area contributed by atoms with E-state index in [1.54, 1.807) is 30.1 Å². The Morgan fingerprint density at radius 3 is 2.50 bits per heavy atom. The molecule has 30 heavy (non-hydrogen) atoms. The van der Waals surface area contributed by atoms with Crippen LogP contribution in [-0.2, 0) is 11.3 Å². The highest BCUT2D eigenvalue weighted by atomic mass is 32.2. The molecule has 2 amide bonds. The fraction of sp³-hybridized carbons (Fsp3) is 0.417. The van der Waals surface area contributed by atoms with Gasteiger partial charge in [-0.25, -0.2) is 4.39 Å². The first kappa shape index (κ1) is 22.3. The number of nitrogens with one attached hydrogen (secondary N) is 1. The molecule has 0 aromatic heterocycles. The van der Waals surface area contributed by atoms with Gasteiger partial charge in [-0.2, -0.15) is 0 Å². The summed E-state index contributed by atoms with van der Waals surface area (Å²) in [5.74, 6) is 0.481. The van der Waals surface area contributed by atoms with Gasteiger partial charge in [-0.3, -0.25) is 9.59 Å². The number of rotatable bonds is 8. The second-order valence-electron chi connectivity index (χ2n) is 7.88. The van der Waals surface area contributed by atoms with Crippen molar-refractivity contribution in [2.45, 2.75) is 43.5 Å². The third-order valence-corrected chi connectivity index (χ3v) is 6.54. The first-order valence-corrected chi connectivity index (χ1v) is 11.5. The lowest BCUT2D eigenvalue weighted by Gasteiger charge is -2.21. The van der Waals surface area contributed by atoms with Gasteiger partial charge >= 0.3 is 0 Å². The molecule has 1 aliphatic rings. The Morgan fingerprint density at radius 1 is 1.07 bits per heavy atom. The Bertz CT molecular complexity index is 851. The molecular formula is C24H29FN2O2S. The fourth-order valence-corrected chi connectivity index (χ4v) is 4.63. The van der Waals surface area contributed by atoms with Crippen LogP contribution < -0.4 is 5.32 Å². The summed E-state index contributed by atoms with van der Waals surface area (Å²) in [7, 11) is 1.73. The van der Waals surface area contributed by atoms with Crippen LogP contribution in [0.3, 0.4) is 0 Å². The monoisotopic (exact) mass is 428 g/mol. The van der Waals surface area contributed by atoms with Gasteiger partial charge in [-0.1, -0.05) is 43.5 Å².